The zero-order chi connectivity index (χ0) is 22.5. The Morgan fingerprint density at radius 1 is 1.26 bits per heavy atom. The zero-order valence-electron chi connectivity index (χ0n) is 17.0. The summed E-state index contributed by atoms with van der Waals surface area (Å²) < 4.78 is 43.5. The Morgan fingerprint density at radius 2 is 1.97 bits per heavy atom. The summed E-state index contributed by atoms with van der Waals surface area (Å²) in [5.74, 6) is -2.58. The number of ether oxygens (including phenoxy) is 2. The van der Waals surface area contributed by atoms with Gasteiger partial charge in [-0.05, 0) is 25.7 Å². The lowest BCUT2D eigenvalue weighted by molar-refractivity contribution is -0.192. The summed E-state index contributed by atoms with van der Waals surface area (Å²) in [4.78, 5) is 30.2. The second-order valence-corrected chi connectivity index (χ2v) is 8.78. The molecule has 1 aromatic rings. The molecular weight excluding hydrogens is 439 g/mol. The summed E-state index contributed by atoms with van der Waals surface area (Å²) >= 11 is 1.71. The minimum atomic E-state index is -5.08. The van der Waals surface area contributed by atoms with Crippen LogP contribution in [0.15, 0.2) is 11.6 Å². The first-order valence-corrected chi connectivity index (χ1v) is 11.0. The van der Waals surface area contributed by atoms with Gasteiger partial charge >= 0.3 is 12.1 Å². The van der Waals surface area contributed by atoms with Crippen LogP contribution in [0.5, 0.6) is 0 Å². The van der Waals surface area contributed by atoms with E-state index < -0.39 is 12.1 Å². The number of carboxylic acid groups (broad SMARTS) is 1. The van der Waals surface area contributed by atoms with Gasteiger partial charge in [-0.25, -0.2) is 9.78 Å². The minimum Gasteiger partial charge on any atom is -0.475 e. The molecule has 1 amide bonds. The number of halogens is 3. The highest BCUT2D eigenvalue weighted by Gasteiger charge is 2.42. The summed E-state index contributed by atoms with van der Waals surface area (Å²) in [7, 11) is 0. The SMILES string of the molecule is O=C(O)C(F)(F)F.O=C([C@@H]1CCCO1)N1CCC2(CC1)CN(Cc1nccs1)CCO2. The number of hydrogen-bond donors (Lipinski definition) is 1. The van der Waals surface area contributed by atoms with E-state index in [1.165, 1.54) is 0 Å². The largest absolute Gasteiger partial charge is 0.490 e. The normalized spacial score (nSPS) is 24.0. The Hall–Kier alpha value is -1.76. The lowest BCUT2D eigenvalue weighted by Gasteiger charge is -2.47. The Morgan fingerprint density at radius 3 is 2.52 bits per heavy atom. The number of piperidine rings is 1. The summed E-state index contributed by atoms with van der Waals surface area (Å²) in [5, 5.41) is 10.3. The van der Waals surface area contributed by atoms with Crippen LogP contribution >= 0.6 is 11.3 Å². The van der Waals surface area contributed by atoms with Crippen molar-refractivity contribution in [3.05, 3.63) is 16.6 Å². The number of likely N-dealkylation sites (tertiary alicyclic amines) is 1. The average Bonchev–Trinajstić information content (AvgIpc) is 3.42. The van der Waals surface area contributed by atoms with Crippen LogP contribution in [0.4, 0.5) is 13.2 Å². The molecule has 1 spiro atoms. The molecule has 1 aromatic heterocycles. The highest BCUT2D eigenvalue weighted by atomic mass is 32.1. The van der Waals surface area contributed by atoms with Crippen molar-refractivity contribution in [1.82, 2.24) is 14.8 Å². The number of carbonyl (C=O) groups is 2. The maximum Gasteiger partial charge on any atom is 0.490 e. The van der Waals surface area contributed by atoms with Gasteiger partial charge in [0, 0.05) is 44.4 Å². The van der Waals surface area contributed by atoms with Gasteiger partial charge < -0.3 is 19.5 Å². The van der Waals surface area contributed by atoms with E-state index in [-0.39, 0.29) is 17.6 Å². The number of amides is 1. The molecule has 0 unspecified atom stereocenters. The van der Waals surface area contributed by atoms with Crippen molar-refractivity contribution in [2.24, 2.45) is 0 Å². The maximum atomic E-state index is 12.5. The van der Waals surface area contributed by atoms with Crippen molar-refractivity contribution in [1.29, 1.82) is 0 Å². The molecule has 4 heterocycles. The van der Waals surface area contributed by atoms with Gasteiger partial charge in [0.25, 0.3) is 5.91 Å². The molecule has 3 saturated heterocycles. The summed E-state index contributed by atoms with van der Waals surface area (Å²) in [6, 6.07) is 0. The maximum absolute atomic E-state index is 12.5. The van der Waals surface area contributed by atoms with E-state index in [1.807, 2.05) is 16.5 Å². The first kappa shape index (κ1) is 23.9. The number of carbonyl (C=O) groups excluding carboxylic acids is 1. The predicted molar refractivity (Wildman–Crippen MR) is 105 cm³/mol. The molecule has 0 radical (unpaired) electrons. The number of hydrogen-bond acceptors (Lipinski definition) is 7. The van der Waals surface area contributed by atoms with Crippen molar-refractivity contribution in [2.45, 2.75) is 50.1 Å². The van der Waals surface area contributed by atoms with Gasteiger partial charge in [-0.3, -0.25) is 9.69 Å². The lowest BCUT2D eigenvalue weighted by atomic mass is 9.89. The van der Waals surface area contributed by atoms with Gasteiger partial charge in [0.05, 0.1) is 18.8 Å². The standard InChI is InChI=1S/C17H25N3O3S.C2HF3O2/c21-16(14-2-1-9-22-14)20-6-3-17(4-7-20)13-19(8-10-23-17)12-15-18-5-11-24-15;3-2(4,5)1(6)7/h5,11,14H,1-4,6-10,12-13H2;(H,6,7)/t14-;/m0./s1. The molecule has 4 rings (SSSR count). The number of rotatable bonds is 3. The third-order valence-electron chi connectivity index (χ3n) is 5.60. The van der Waals surface area contributed by atoms with Gasteiger partial charge in [0.1, 0.15) is 11.1 Å². The van der Waals surface area contributed by atoms with E-state index in [9.17, 15) is 18.0 Å². The number of aromatic nitrogens is 1. The summed E-state index contributed by atoms with van der Waals surface area (Å²) in [6.45, 7) is 5.86. The van der Waals surface area contributed by atoms with Crippen molar-refractivity contribution in [3.63, 3.8) is 0 Å². The monoisotopic (exact) mass is 465 g/mol. The second-order valence-electron chi connectivity index (χ2n) is 7.80. The number of carboxylic acids is 1. The highest BCUT2D eigenvalue weighted by Crippen LogP contribution is 2.31. The van der Waals surface area contributed by atoms with E-state index in [2.05, 4.69) is 9.88 Å². The van der Waals surface area contributed by atoms with E-state index in [1.54, 1.807) is 11.3 Å². The van der Waals surface area contributed by atoms with Crippen LogP contribution < -0.4 is 0 Å². The van der Waals surface area contributed by atoms with Crippen LogP contribution in [-0.4, -0.2) is 89.0 Å². The van der Waals surface area contributed by atoms with Crippen molar-refractivity contribution in [3.8, 4) is 0 Å². The molecule has 3 aliphatic rings. The van der Waals surface area contributed by atoms with E-state index in [4.69, 9.17) is 19.4 Å². The van der Waals surface area contributed by atoms with Crippen LogP contribution in [-0.2, 0) is 25.6 Å². The van der Waals surface area contributed by atoms with E-state index >= 15 is 0 Å². The molecule has 0 aliphatic carbocycles. The van der Waals surface area contributed by atoms with E-state index in [0.717, 1.165) is 76.6 Å². The zero-order valence-corrected chi connectivity index (χ0v) is 17.8. The molecule has 1 N–H and O–H groups in total. The lowest BCUT2D eigenvalue weighted by Crippen LogP contribution is -2.58. The number of nitrogens with zero attached hydrogens (tertiary/aromatic N) is 3. The fourth-order valence-electron chi connectivity index (χ4n) is 3.99. The Bertz CT molecular complexity index is 733. The molecule has 0 bridgehead atoms. The Kier molecular flexibility index (Phi) is 7.89. The van der Waals surface area contributed by atoms with Gasteiger partial charge in [0.15, 0.2) is 0 Å². The molecule has 0 saturated carbocycles. The molecular formula is C19H26F3N3O5S. The third kappa shape index (κ3) is 6.61. The second kappa shape index (κ2) is 10.2. The van der Waals surface area contributed by atoms with Gasteiger partial charge in [-0.15, -0.1) is 11.3 Å². The van der Waals surface area contributed by atoms with Crippen LogP contribution in [0.25, 0.3) is 0 Å². The number of thiazole rings is 1. The van der Waals surface area contributed by atoms with Gasteiger partial charge in [-0.1, -0.05) is 0 Å². The van der Waals surface area contributed by atoms with Crippen LogP contribution in [0.2, 0.25) is 0 Å². The number of morpholine rings is 1. The van der Waals surface area contributed by atoms with Crippen molar-refractivity contribution in [2.75, 3.05) is 39.4 Å². The fourth-order valence-corrected chi connectivity index (χ4v) is 4.65. The predicted octanol–water partition coefficient (Wildman–Crippen LogP) is 2.15. The van der Waals surface area contributed by atoms with Crippen LogP contribution in [0.3, 0.4) is 0 Å². The highest BCUT2D eigenvalue weighted by molar-refractivity contribution is 7.09. The van der Waals surface area contributed by atoms with Crippen LogP contribution in [0.1, 0.15) is 30.7 Å². The minimum absolute atomic E-state index is 0.0944. The average molecular weight is 465 g/mol. The van der Waals surface area contributed by atoms with Gasteiger partial charge in [0.2, 0.25) is 0 Å². The molecule has 12 heteroatoms. The molecule has 31 heavy (non-hydrogen) atoms. The first-order chi connectivity index (χ1) is 14.7. The van der Waals surface area contributed by atoms with Crippen molar-refractivity contribution < 1.29 is 37.3 Å². The number of aliphatic carboxylic acids is 1. The third-order valence-corrected chi connectivity index (χ3v) is 6.37. The molecule has 3 aliphatic heterocycles. The van der Waals surface area contributed by atoms with Crippen LogP contribution in [0, 0.1) is 0 Å². The van der Waals surface area contributed by atoms with E-state index in [0.29, 0.717) is 0 Å². The first-order valence-electron chi connectivity index (χ1n) is 10.1. The number of alkyl halides is 3. The Balaban J connectivity index is 0.000000339. The molecule has 3 fully saturated rings. The fraction of sp³-hybridized carbons (Fsp3) is 0.737. The summed E-state index contributed by atoms with van der Waals surface area (Å²) in [5.41, 5.74) is -0.0944. The van der Waals surface area contributed by atoms with Gasteiger partial charge in [-0.2, -0.15) is 13.2 Å². The smallest absolute Gasteiger partial charge is 0.475 e. The molecule has 0 aromatic carbocycles. The van der Waals surface area contributed by atoms with Crippen molar-refractivity contribution >= 4 is 23.2 Å². The quantitative estimate of drug-likeness (QED) is 0.731. The molecule has 8 nitrogen and oxygen atoms in total. The molecule has 1 atom stereocenters. The summed E-state index contributed by atoms with van der Waals surface area (Å²) in [6.07, 6.45) is 0.292. The topological polar surface area (TPSA) is 92.2 Å². The molecule has 174 valence electrons. The Labute approximate surface area is 181 Å².